The number of benzene rings is 1. The third-order valence-corrected chi connectivity index (χ3v) is 5.61. The van der Waals surface area contributed by atoms with Gasteiger partial charge in [0.05, 0.1) is 36.3 Å². The molecule has 1 saturated heterocycles. The van der Waals surface area contributed by atoms with Crippen molar-refractivity contribution in [3.63, 3.8) is 0 Å². The molecule has 0 saturated carbocycles. The Kier molecular flexibility index (Phi) is 7.74. The summed E-state index contributed by atoms with van der Waals surface area (Å²) < 4.78 is 11.2. The molecule has 1 radical (unpaired) electrons. The van der Waals surface area contributed by atoms with E-state index in [0.717, 1.165) is 37.2 Å². The minimum Gasteiger partial charge on any atom is -0.495 e. The molecule has 0 aliphatic carbocycles. The molecule has 1 amide bonds. The number of aromatic nitrogens is 4. The van der Waals surface area contributed by atoms with Crippen molar-refractivity contribution in [3.05, 3.63) is 70.7 Å². The highest BCUT2D eigenvalue weighted by Crippen LogP contribution is 2.26. The highest BCUT2D eigenvalue weighted by atomic mass is 35.5. The lowest BCUT2D eigenvalue weighted by Crippen LogP contribution is -2.32. The van der Waals surface area contributed by atoms with Gasteiger partial charge in [-0.3, -0.25) is 14.8 Å². The van der Waals surface area contributed by atoms with E-state index < -0.39 is 0 Å². The standard InChI is InChI=1S/C24H26ClN6O3/c1-16-11-27-18(12-26-16)13-28-22(32)19-14-29-24(31-8-4-3-5-9-31)30-23(19)34-15-17-6-7-21(33-2)20(25)10-17/h4,6-7,10-12,14H,3,5,8-9,13,15H2,1-2H3,(H,28,32). The van der Waals surface area contributed by atoms with Crippen molar-refractivity contribution in [3.8, 4) is 11.6 Å². The van der Waals surface area contributed by atoms with Crippen molar-refractivity contribution >= 4 is 23.5 Å². The Balaban J connectivity index is 1.53. The van der Waals surface area contributed by atoms with Gasteiger partial charge in [-0.25, -0.2) is 4.98 Å². The predicted molar refractivity (Wildman–Crippen MR) is 128 cm³/mol. The molecule has 0 bridgehead atoms. The summed E-state index contributed by atoms with van der Waals surface area (Å²) in [5, 5.41) is 3.32. The van der Waals surface area contributed by atoms with Gasteiger partial charge in [-0.05, 0) is 43.9 Å². The lowest BCUT2D eigenvalue weighted by molar-refractivity contribution is 0.0944. The summed E-state index contributed by atoms with van der Waals surface area (Å²) in [6.07, 6.45) is 9.08. The van der Waals surface area contributed by atoms with E-state index >= 15 is 0 Å². The van der Waals surface area contributed by atoms with Gasteiger partial charge in [0.1, 0.15) is 17.9 Å². The van der Waals surface area contributed by atoms with E-state index in [9.17, 15) is 4.79 Å². The third-order valence-electron chi connectivity index (χ3n) is 5.31. The van der Waals surface area contributed by atoms with E-state index in [1.807, 2.05) is 13.0 Å². The Morgan fingerprint density at radius 2 is 2.09 bits per heavy atom. The maximum atomic E-state index is 13.0. The van der Waals surface area contributed by atoms with Gasteiger partial charge in [-0.2, -0.15) is 4.98 Å². The number of carbonyl (C=O) groups excluding carboxylic acids is 1. The Morgan fingerprint density at radius 3 is 2.79 bits per heavy atom. The molecule has 1 fully saturated rings. The summed E-state index contributed by atoms with van der Waals surface area (Å²) in [7, 11) is 1.56. The Morgan fingerprint density at radius 1 is 1.21 bits per heavy atom. The van der Waals surface area contributed by atoms with Crippen LogP contribution in [0.4, 0.5) is 5.95 Å². The fraction of sp³-hybridized carbons (Fsp3) is 0.333. The second kappa shape index (κ2) is 11.1. The zero-order valence-electron chi connectivity index (χ0n) is 19.1. The summed E-state index contributed by atoms with van der Waals surface area (Å²) in [4.78, 5) is 32.5. The first-order valence-electron chi connectivity index (χ1n) is 11.0. The molecule has 9 nitrogen and oxygen atoms in total. The number of hydrogen-bond acceptors (Lipinski definition) is 8. The van der Waals surface area contributed by atoms with E-state index in [1.54, 1.807) is 31.6 Å². The first-order chi connectivity index (χ1) is 16.5. The molecular weight excluding hydrogens is 456 g/mol. The van der Waals surface area contributed by atoms with E-state index in [-0.39, 0.29) is 30.5 Å². The summed E-state index contributed by atoms with van der Waals surface area (Å²) in [6, 6.07) is 5.38. The number of methoxy groups -OCH3 is 1. The average Bonchev–Trinajstić information content (AvgIpc) is 2.87. The summed E-state index contributed by atoms with van der Waals surface area (Å²) >= 11 is 6.24. The first-order valence-corrected chi connectivity index (χ1v) is 11.4. The van der Waals surface area contributed by atoms with Gasteiger partial charge in [0, 0.05) is 25.5 Å². The maximum absolute atomic E-state index is 13.0. The molecule has 34 heavy (non-hydrogen) atoms. The van der Waals surface area contributed by atoms with Crippen LogP contribution in [0.25, 0.3) is 0 Å². The SMILES string of the molecule is COc1ccc(COc2nc(N3C[CH]CCC3)ncc2C(=O)NCc2cnc(C)cn2)cc1Cl. The zero-order chi connectivity index (χ0) is 23.9. The number of carbonyl (C=O) groups is 1. The summed E-state index contributed by atoms with van der Waals surface area (Å²) in [5.74, 6) is 0.951. The molecule has 2 aromatic heterocycles. The van der Waals surface area contributed by atoms with Gasteiger partial charge in [-0.15, -0.1) is 0 Å². The topological polar surface area (TPSA) is 102 Å². The Hall–Kier alpha value is -3.46. The van der Waals surface area contributed by atoms with Gasteiger partial charge in [0.15, 0.2) is 0 Å². The Labute approximate surface area is 203 Å². The summed E-state index contributed by atoms with van der Waals surface area (Å²) in [5.41, 5.74) is 2.52. The van der Waals surface area contributed by atoms with Gasteiger partial charge in [0.25, 0.3) is 5.91 Å². The normalized spacial score (nSPS) is 13.4. The van der Waals surface area contributed by atoms with E-state index in [4.69, 9.17) is 21.1 Å². The second-order valence-corrected chi connectivity index (χ2v) is 8.26. The van der Waals surface area contributed by atoms with Crippen LogP contribution < -0.4 is 19.7 Å². The molecule has 1 aromatic carbocycles. The van der Waals surface area contributed by atoms with Crippen molar-refractivity contribution in [2.24, 2.45) is 0 Å². The molecule has 0 spiro atoms. The fourth-order valence-electron chi connectivity index (χ4n) is 3.45. The molecule has 3 aromatic rings. The minimum absolute atomic E-state index is 0.177. The largest absolute Gasteiger partial charge is 0.495 e. The number of hydrogen-bond donors (Lipinski definition) is 1. The highest BCUT2D eigenvalue weighted by Gasteiger charge is 2.20. The second-order valence-electron chi connectivity index (χ2n) is 7.86. The minimum atomic E-state index is -0.359. The van der Waals surface area contributed by atoms with Crippen molar-refractivity contribution < 1.29 is 14.3 Å². The quantitative estimate of drug-likeness (QED) is 0.521. The zero-order valence-corrected chi connectivity index (χ0v) is 19.9. The van der Waals surface area contributed by atoms with Gasteiger partial charge >= 0.3 is 0 Å². The highest BCUT2D eigenvalue weighted by molar-refractivity contribution is 6.32. The lowest BCUT2D eigenvalue weighted by atomic mass is 10.1. The number of nitrogens with one attached hydrogen (secondary N) is 1. The Bertz CT molecular complexity index is 1140. The van der Waals surface area contributed by atoms with Crippen LogP contribution in [0, 0.1) is 13.3 Å². The van der Waals surface area contributed by atoms with Gasteiger partial charge in [0.2, 0.25) is 11.8 Å². The maximum Gasteiger partial charge on any atom is 0.258 e. The number of ether oxygens (including phenoxy) is 2. The van der Waals surface area contributed by atoms with E-state index in [2.05, 4.69) is 36.6 Å². The van der Waals surface area contributed by atoms with Crippen LogP contribution in [0.2, 0.25) is 5.02 Å². The van der Waals surface area contributed by atoms with Crippen molar-refractivity contribution in [2.45, 2.75) is 32.9 Å². The molecule has 10 heteroatoms. The lowest BCUT2D eigenvalue weighted by Gasteiger charge is -2.26. The molecule has 177 valence electrons. The van der Waals surface area contributed by atoms with E-state index in [1.165, 1.54) is 6.20 Å². The van der Waals surface area contributed by atoms with Crippen LogP contribution in [-0.4, -0.2) is 46.0 Å². The van der Waals surface area contributed by atoms with Crippen molar-refractivity contribution in [2.75, 3.05) is 25.1 Å². The number of nitrogens with zero attached hydrogens (tertiary/aromatic N) is 5. The number of amides is 1. The van der Waals surface area contributed by atoms with Crippen LogP contribution in [0.3, 0.4) is 0 Å². The number of halogens is 1. The fourth-order valence-corrected chi connectivity index (χ4v) is 3.73. The van der Waals surface area contributed by atoms with Crippen molar-refractivity contribution in [1.82, 2.24) is 25.3 Å². The van der Waals surface area contributed by atoms with Crippen molar-refractivity contribution in [1.29, 1.82) is 0 Å². The number of rotatable bonds is 8. The molecule has 1 aliphatic rings. The number of anilines is 1. The first kappa shape index (κ1) is 23.7. The van der Waals surface area contributed by atoms with Crippen LogP contribution in [0.15, 0.2) is 36.8 Å². The molecule has 0 atom stereocenters. The van der Waals surface area contributed by atoms with Gasteiger partial charge in [-0.1, -0.05) is 17.7 Å². The van der Waals surface area contributed by atoms with Crippen LogP contribution in [-0.2, 0) is 13.2 Å². The summed E-state index contributed by atoms with van der Waals surface area (Å²) in [6.45, 7) is 3.86. The van der Waals surface area contributed by atoms with Crippen LogP contribution in [0.1, 0.15) is 40.2 Å². The van der Waals surface area contributed by atoms with Crippen LogP contribution in [0.5, 0.6) is 11.6 Å². The molecule has 3 heterocycles. The molecule has 0 unspecified atom stereocenters. The molecule has 4 rings (SSSR count). The number of piperidine rings is 1. The third kappa shape index (κ3) is 5.91. The molecule has 1 aliphatic heterocycles. The average molecular weight is 482 g/mol. The van der Waals surface area contributed by atoms with E-state index in [0.29, 0.717) is 22.4 Å². The van der Waals surface area contributed by atoms with Crippen LogP contribution >= 0.6 is 11.6 Å². The van der Waals surface area contributed by atoms with Gasteiger partial charge < -0.3 is 19.7 Å². The monoisotopic (exact) mass is 481 g/mol. The number of aryl methyl sites for hydroxylation is 1. The smallest absolute Gasteiger partial charge is 0.258 e. The predicted octanol–water partition coefficient (Wildman–Crippen LogP) is 3.55. The molecular formula is C24H26ClN6O3. The molecule has 1 N–H and O–H groups in total.